The standard InChI is InChI=1S/C26H25N3O3S2/c1-2-24(33-25-17-12-20-10-6-7-11-23(20)29-25)26(30)28-21-13-15-22(16-14-21)34(31,32)27-18-19-8-4-3-5-9-19/h3-17,24,27H,2,18H2,1H3,(H,28,30). The summed E-state index contributed by atoms with van der Waals surface area (Å²) in [6.07, 6.45) is 0.626. The van der Waals surface area contributed by atoms with Gasteiger partial charge in [-0.2, -0.15) is 0 Å². The second-order valence-electron chi connectivity index (χ2n) is 7.68. The maximum Gasteiger partial charge on any atom is 0.240 e. The van der Waals surface area contributed by atoms with E-state index in [-0.39, 0.29) is 22.6 Å². The van der Waals surface area contributed by atoms with Crippen molar-refractivity contribution in [3.05, 3.63) is 96.6 Å². The number of amides is 1. The van der Waals surface area contributed by atoms with Crippen molar-refractivity contribution < 1.29 is 13.2 Å². The Hall–Kier alpha value is -3.20. The molecule has 34 heavy (non-hydrogen) atoms. The number of nitrogens with zero attached hydrogens (tertiary/aromatic N) is 1. The zero-order chi connectivity index (χ0) is 24.0. The van der Waals surface area contributed by atoms with Gasteiger partial charge in [-0.25, -0.2) is 18.1 Å². The number of fused-ring (bicyclic) bond motifs is 1. The summed E-state index contributed by atoms with van der Waals surface area (Å²) in [6.45, 7) is 2.16. The van der Waals surface area contributed by atoms with Crippen molar-refractivity contribution in [2.24, 2.45) is 0 Å². The first-order valence-corrected chi connectivity index (χ1v) is 13.3. The Labute approximate surface area is 203 Å². The van der Waals surface area contributed by atoms with Crippen molar-refractivity contribution in [3.63, 3.8) is 0 Å². The number of sulfonamides is 1. The molecule has 0 bridgehead atoms. The van der Waals surface area contributed by atoms with E-state index in [4.69, 9.17) is 0 Å². The number of para-hydroxylation sites is 1. The van der Waals surface area contributed by atoms with Crippen LogP contribution in [0.2, 0.25) is 0 Å². The molecule has 0 spiro atoms. The molecular weight excluding hydrogens is 466 g/mol. The largest absolute Gasteiger partial charge is 0.325 e. The van der Waals surface area contributed by atoms with Crippen molar-refractivity contribution in [1.82, 2.24) is 9.71 Å². The predicted molar refractivity (Wildman–Crippen MR) is 137 cm³/mol. The Morgan fingerprint density at radius 2 is 1.62 bits per heavy atom. The van der Waals surface area contributed by atoms with Crippen LogP contribution in [0.4, 0.5) is 5.69 Å². The second-order valence-corrected chi connectivity index (χ2v) is 10.7. The fourth-order valence-corrected chi connectivity index (χ4v) is 5.32. The number of thioether (sulfide) groups is 1. The van der Waals surface area contributed by atoms with Gasteiger partial charge in [-0.15, -0.1) is 0 Å². The number of pyridine rings is 1. The van der Waals surface area contributed by atoms with Crippen molar-refractivity contribution in [2.45, 2.75) is 35.1 Å². The molecule has 174 valence electrons. The van der Waals surface area contributed by atoms with Gasteiger partial charge in [0.15, 0.2) is 0 Å². The van der Waals surface area contributed by atoms with Gasteiger partial charge in [0.1, 0.15) is 0 Å². The van der Waals surface area contributed by atoms with Crippen LogP contribution in [0.25, 0.3) is 10.9 Å². The summed E-state index contributed by atoms with van der Waals surface area (Å²) in [5.74, 6) is -0.153. The molecule has 6 nitrogen and oxygen atoms in total. The van der Waals surface area contributed by atoms with E-state index in [9.17, 15) is 13.2 Å². The van der Waals surface area contributed by atoms with Crippen LogP contribution in [0.5, 0.6) is 0 Å². The number of anilines is 1. The first kappa shape index (κ1) is 23.9. The van der Waals surface area contributed by atoms with Crippen molar-refractivity contribution in [3.8, 4) is 0 Å². The highest BCUT2D eigenvalue weighted by atomic mass is 32.2. The Bertz CT molecular complexity index is 1380. The Morgan fingerprint density at radius 3 is 2.35 bits per heavy atom. The van der Waals surface area contributed by atoms with Crippen molar-refractivity contribution in [1.29, 1.82) is 0 Å². The van der Waals surface area contributed by atoms with Gasteiger partial charge in [-0.05, 0) is 48.4 Å². The monoisotopic (exact) mass is 491 g/mol. The number of nitrogens with one attached hydrogen (secondary N) is 2. The highest BCUT2D eigenvalue weighted by Gasteiger charge is 2.20. The number of benzene rings is 3. The van der Waals surface area contributed by atoms with Gasteiger partial charge < -0.3 is 5.32 Å². The summed E-state index contributed by atoms with van der Waals surface area (Å²) >= 11 is 1.41. The molecule has 0 radical (unpaired) electrons. The predicted octanol–water partition coefficient (Wildman–Crippen LogP) is 5.22. The van der Waals surface area contributed by atoms with E-state index in [2.05, 4.69) is 15.0 Å². The van der Waals surface area contributed by atoms with Gasteiger partial charge in [0.05, 0.1) is 20.7 Å². The summed E-state index contributed by atoms with van der Waals surface area (Å²) < 4.78 is 27.8. The van der Waals surface area contributed by atoms with Crippen LogP contribution in [0.3, 0.4) is 0 Å². The fraction of sp³-hybridized carbons (Fsp3) is 0.154. The summed E-state index contributed by atoms with van der Waals surface area (Å²) in [5, 5.41) is 4.39. The highest BCUT2D eigenvalue weighted by molar-refractivity contribution is 8.00. The fourth-order valence-electron chi connectivity index (χ4n) is 3.38. The smallest absolute Gasteiger partial charge is 0.240 e. The lowest BCUT2D eigenvalue weighted by atomic mass is 10.2. The van der Waals surface area contributed by atoms with E-state index in [1.54, 1.807) is 12.1 Å². The van der Waals surface area contributed by atoms with E-state index in [0.717, 1.165) is 21.5 Å². The molecule has 0 aliphatic carbocycles. The molecular formula is C26H25N3O3S2. The van der Waals surface area contributed by atoms with E-state index < -0.39 is 10.0 Å². The third-order valence-corrected chi connectivity index (χ3v) is 7.96. The average molecular weight is 492 g/mol. The Morgan fingerprint density at radius 1 is 0.912 bits per heavy atom. The lowest BCUT2D eigenvalue weighted by molar-refractivity contribution is -0.115. The Balaban J connectivity index is 1.38. The molecule has 0 fully saturated rings. The summed E-state index contributed by atoms with van der Waals surface area (Å²) in [7, 11) is -3.66. The molecule has 3 aromatic carbocycles. The topological polar surface area (TPSA) is 88.2 Å². The number of rotatable bonds is 9. The summed E-state index contributed by atoms with van der Waals surface area (Å²) in [6, 6.07) is 27.3. The summed E-state index contributed by atoms with van der Waals surface area (Å²) in [4.78, 5) is 17.6. The van der Waals surface area contributed by atoms with Crippen LogP contribution in [-0.4, -0.2) is 24.6 Å². The van der Waals surface area contributed by atoms with Gasteiger partial charge in [0.25, 0.3) is 0 Å². The number of hydrogen-bond acceptors (Lipinski definition) is 5. The van der Waals surface area contributed by atoms with Crippen LogP contribution in [0.15, 0.2) is 101 Å². The Kier molecular flexibility index (Phi) is 7.62. The zero-order valence-electron chi connectivity index (χ0n) is 18.6. The maximum absolute atomic E-state index is 12.9. The minimum atomic E-state index is -3.66. The first-order chi connectivity index (χ1) is 16.4. The third kappa shape index (κ3) is 6.02. The van der Waals surface area contributed by atoms with E-state index in [1.165, 1.54) is 23.9 Å². The first-order valence-electron chi connectivity index (χ1n) is 10.9. The molecule has 8 heteroatoms. The average Bonchev–Trinajstić information content (AvgIpc) is 2.87. The van der Waals surface area contributed by atoms with Gasteiger partial charge >= 0.3 is 0 Å². The molecule has 1 atom stereocenters. The van der Waals surface area contributed by atoms with Crippen LogP contribution < -0.4 is 10.0 Å². The molecule has 0 saturated heterocycles. The third-order valence-electron chi connectivity index (χ3n) is 5.24. The lowest BCUT2D eigenvalue weighted by Crippen LogP contribution is -2.25. The summed E-state index contributed by atoms with van der Waals surface area (Å²) in [5.41, 5.74) is 2.30. The molecule has 1 unspecified atom stereocenters. The van der Waals surface area contributed by atoms with Gasteiger partial charge in [0.2, 0.25) is 15.9 Å². The van der Waals surface area contributed by atoms with Crippen LogP contribution in [0, 0.1) is 0 Å². The number of aromatic nitrogens is 1. The van der Waals surface area contributed by atoms with Gasteiger partial charge in [-0.3, -0.25) is 4.79 Å². The number of carbonyl (C=O) groups is 1. The molecule has 2 N–H and O–H groups in total. The van der Waals surface area contributed by atoms with Gasteiger partial charge in [-0.1, -0.05) is 73.3 Å². The van der Waals surface area contributed by atoms with Crippen LogP contribution >= 0.6 is 11.8 Å². The minimum absolute atomic E-state index is 0.142. The van der Waals surface area contributed by atoms with Crippen molar-refractivity contribution in [2.75, 3.05) is 5.32 Å². The second kappa shape index (κ2) is 10.8. The van der Waals surface area contributed by atoms with E-state index in [1.807, 2.05) is 73.7 Å². The zero-order valence-corrected chi connectivity index (χ0v) is 20.3. The van der Waals surface area contributed by atoms with Crippen LogP contribution in [0.1, 0.15) is 18.9 Å². The molecule has 4 aromatic rings. The van der Waals surface area contributed by atoms with E-state index >= 15 is 0 Å². The molecule has 4 rings (SSSR count). The quantitative estimate of drug-likeness (QED) is 0.313. The lowest BCUT2D eigenvalue weighted by Gasteiger charge is -2.15. The minimum Gasteiger partial charge on any atom is -0.325 e. The molecule has 1 aromatic heterocycles. The molecule has 0 aliphatic heterocycles. The molecule has 0 aliphatic rings. The highest BCUT2D eigenvalue weighted by Crippen LogP contribution is 2.27. The number of hydrogen-bond donors (Lipinski definition) is 2. The molecule has 0 saturated carbocycles. The van der Waals surface area contributed by atoms with E-state index in [0.29, 0.717) is 12.1 Å². The van der Waals surface area contributed by atoms with Crippen LogP contribution in [-0.2, 0) is 21.4 Å². The maximum atomic E-state index is 12.9. The molecule has 1 amide bonds. The van der Waals surface area contributed by atoms with Crippen molar-refractivity contribution >= 4 is 44.3 Å². The van der Waals surface area contributed by atoms with Gasteiger partial charge in [0, 0.05) is 17.6 Å². The normalized spacial score (nSPS) is 12.4. The SMILES string of the molecule is CCC(Sc1ccc2ccccc2n1)C(=O)Nc1ccc(S(=O)(=O)NCc2ccccc2)cc1. The molecule has 1 heterocycles. The number of carbonyl (C=O) groups excluding carboxylic acids is 1.